The van der Waals surface area contributed by atoms with Gasteiger partial charge in [0.2, 0.25) is 0 Å². The van der Waals surface area contributed by atoms with Crippen LogP contribution >= 0.6 is 11.3 Å². The van der Waals surface area contributed by atoms with Crippen LogP contribution in [0, 0.1) is 18.6 Å². The highest BCUT2D eigenvalue weighted by molar-refractivity contribution is 7.15. The second kappa shape index (κ2) is 10.6. The third-order valence-electron chi connectivity index (χ3n) is 7.00. The Bertz CT molecular complexity index is 2040. The monoisotopic (exact) mass is 594 g/mol. The number of aromatic nitrogens is 5. The van der Waals surface area contributed by atoms with Gasteiger partial charge >= 0.3 is 6.61 Å². The number of anilines is 1. The lowest BCUT2D eigenvalue weighted by molar-refractivity contribution is -0.0521. The molecule has 6 aromatic rings. The first-order valence-electron chi connectivity index (χ1n) is 12.8. The Morgan fingerprint density at radius 3 is 2.60 bits per heavy atom. The molecular formula is C29H22F4N6O2S. The van der Waals surface area contributed by atoms with Crippen molar-refractivity contribution in [3.8, 4) is 28.1 Å². The number of benzene rings is 2. The molecule has 0 saturated heterocycles. The first kappa shape index (κ1) is 27.4. The summed E-state index contributed by atoms with van der Waals surface area (Å²) in [6.45, 7) is 0.525. The van der Waals surface area contributed by atoms with Crippen LogP contribution in [0.15, 0.2) is 65.0 Å². The van der Waals surface area contributed by atoms with Crippen molar-refractivity contribution in [2.75, 3.05) is 5.73 Å². The molecule has 0 aliphatic carbocycles. The van der Waals surface area contributed by atoms with Crippen LogP contribution in [0.25, 0.3) is 38.2 Å². The predicted octanol–water partition coefficient (Wildman–Crippen LogP) is 6.60. The van der Waals surface area contributed by atoms with Crippen molar-refractivity contribution in [3.63, 3.8) is 0 Å². The third kappa shape index (κ3) is 4.55. The van der Waals surface area contributed by atoms with E-state index >= 15 is 0 Å². The Labute approximate surface area is 239 Å². The minimum Gasteiger partial charge on any atom is -0.432 e. The number of aryl methyl sites for hydroxylation is 1. The molecule has 2 N–H and O–H groups in total. The zero-order valence-corrected chi connectivity index (χ0v) is 23.0. The molecule has 0 spiro atoms. The van der Waals surface area contributed by atoms with Crippen molar-refractivity contribution in [1.82, 2.24) is 24.1 Å². The number of thiazole rings is 1. The van der Waals surface area contributed by atoms with E-state index in [0.717, 1.165) is 17.8 Å². The van der Waals surface area contributed by atoms with Gasteiger partial charge in [0.25, 0.3) is 5.56 Å². The van der Waals surface area contributed by atoms with Gasteiger partial charge < -0.3 is 10.5 Å². The Kier molecular flexibility index (Phi) is 6.89. The molecule has 42 heavy (non-hydrogen) atoms. The van der Waals surface area contributed by atoms with Gasteiger partial charge in [-0.3, -0.25) is 9.20 Å². The number of halogens is 4. The van der Waals surface area contributed by atoms with Gasteiger partial charge in [-0.2, -0.15) is 13.9 Å². The molecule has 214 valence electrons. The zero-order valence-electron chi connectivity index (χ0n) is 22.2. The minimum atomic E-state index is -3.19. The lowest BCUT2D eigenvalue weighted by Gasteiger charge is -2.21. The molecule has 0 radical (unpaired) electrons. The predicted molar refractivity (Wildman–Crippen MR) is 152 cm³/mol. The summed E-state index contributed by atoms with van der Waals surface area (Å²) >= 11 is 1.39. The van der Waals surface area contributed by atoms with Gasteiger partial charge in [-0.1, -0.05) is 19.1 Å². The van der Waals surface area contributed by atoms with Crippen LogP contribution in [0.4, 0.5) is 23.4 Å². The van der Waals surface area contributed by atoms with Gasteiger partial charge in [-0.15, -0.1) is 11.3 Å². The number of nitrogen functional groups attached to an aromatic ring is 1. The second-order valence-electron chi connectivity index (χ2n) is 9.54. The summed E-state index contributed by atoms with van der Waals surface area (Å²) in [5, 5.41) is 6.94. The molecule has 0 unspecified atom stereocenters. The topological polar surface area (TPSA) is 100 Å². The molecule has 4 aromatic heterocycles. The van der Waals surface area contributed by atoms with E-state index in [1.807, 2.05) is 25.3 Å². The zero-order chi connectivity index (χ0) is 29.7. The fraction of sp³-hybridized carbons (Fsp3) is 0.172. The quantitative estimate of drug-likeness (QED) is 0.209. The third-order valence-corrected chi connectivity index (χ3v) is 8.00. The average molecular weight is 595 g/mol. The Balaban J connectivity index is 1.61. The van der Waals surface area contributed by atoms with Gasteiger partial charge in [-0.05, 0) is 60.9 Å². The maximum Gasteiger partial charge on any atom is 0.387 e. The van der Waals surface area contributed by atoms with Crippen molar-refractivity contribution >= 4 is 33.0 Å². The molecule has 1 atom stereocenters. The van der Waals surface area contributed by atoms with E-state index in [0.29, 0.717) is 39.0 Å². The molecule has 0 bridgehead atoms. The van der Waals surface area contributed by atoms with Crippen LogP contribution in [0.1, 0.15) is 30.6 Å². The number of hydrogen-bond acceptors (Lipinski definition) is 7. The SMILES string of the molecule is CC[C@@H](c1cc2scc(C)n2c(=O)c1-c1cccc(F)c1)n1nc(-c2ccc(OC(F)F)c(F)c2)c2c(N)ncnc21. The van der Waals surface area contributed by atoms with Crippen molar-refractivity contribution in [2.24, 2.45) is 0 Å². The smallest absolute Gasteiger partial charge is 0.387 e. The number of hydrogen-bond donors (Lipinski definition) is 1. The van der Waals surface area contributed by atoms with Crippen LogP contribution in [0.5, 0.6) is 5.75 Å². The molecule has 6 rings (SSSR count). The fourth-order valence-corrected chi connectivity index (χ4v) is 6.12. The van der Waals surface area contributed by atoms with Crippen LogP contribution in [0.3, 0.4) is 0 Å². The summed E-state index contributed by atoms with van der Waals surface area (Å²) in [6.07, 6.45) is 1.69. The molecule has 4 heterocycles. The summed E-state index contributed by atoms with van der Waals surface area (Å²) in [7, 11) is 0. The fourth-order valence-electron chi connectivity index (χ4n) is 5.20. The van der Waals surface area contributed by atoms with Gasteiger partial charge in [0.15, 0.2) is 17.2 Å². The Morgan fingerprint density at radius 1 is 1.07 bits per heavy atom. The van der Waals surface area contributed by atoms with Gasteiger partial charge in [0.05, 0.1) is 17.0 Å². The molecule has 0 saturated carbocycles. The lowest BCUT2D eigenvalue weighted by atomic mass is 9.95. The normalized spacial score (nSPS) is 12.5. The molecule has 0 aliphatic rings. The number of ether oxygens (including phenoxy) is 1. The summed E-state index contributed by atoms with van der Waals surface area (Å²) in [6, 6.07) is 10.6. The van der Waals surface area contributed by atoms with Crippen LogP contribution in [-0.4, -0.2) is 30.8 Å². The van der Waals surface area contributed by atoms with Crippen LogP contribution < -0.4 is 16.0 Å². The molecule has 0 fully saturated rings. The Hall–Kier alpha value is -4.78. The summed E-state index contributed by atoms with van der Waals surface area (Å²) in [5.74, 6) is -2.06. The molecule has 8 nitrogen and oxygen atoms in total. The molecular weight excluding hydrogens is 572 g/mol. The van der Waals surface area contributed by atoms with Crippen LogP contribution in [0.2, 0.25) is 0 Å². The van der Waals surface area contributed by atoms with E-state index in [1.54, 1.807) is 15.1 Å². The van der Waals surface area contributed by atoms with Crippen molar-refractivity contribution in [3.05, 3.63) is 93.5 Å². The largest absolute Gasteiger partial charge is 0.432 e. The summed E-state index contributed by atoms with van der Waals surface area (Å²) in [5.41, 5.74) is 8.70. The number of nitrogens with two attached hydrogens (primary N) is 1. The van der Waals surface area contributed by atoms with Gasteiger partial charge in [-0.25, -0.2) is 23.4 Å². The first-order valence-corrected chi connectivity index (χ1v) is 13.7. The Morgan fingerprint density at radius 2 is 1.88 bits per heavy atom. The van der Waals surface area contributed by atoms with Crippen molar-refractivity contribution in [2.45, 2.75) is 32.9 Å². The highest BCUT2D eigenvalue weighted by Crippen LogP contribution is 2.38. The number of fused-ring (bicyclic) bond motifs is 2. The highest BCUT2D eigenvalue weighted by Gasteiger charge is 2.27. The number of pyridine rings is 1. The molecule has 13 heteroatoms. The van der Waals surface area contributed by atoms with E-state index in [4.69, 9.17) is 10.8 Å². The van der Waals surface area contributed by atoms with Gasteiger partial charge in [0, 0.05) is 16.6 Å². The molecule has 0 amide bonds. The first-order chi connectivity index (χ1) is 20.2. The standard InChI is InChI=1S/C29H22F4N6O2S/c1-3-20(18-11-22-38(14(2)12-42-22)28(40)23(18)15-5-4-6-17(30)9-15)39-27-24(26(34)35-13-36-27)25(37-39)16-7-8-21(19(31)10-16)41-29(32)33/h4-13,20,29H,3H2,1-2H3,(H2,34,35,36)/t20-/m0/s1. The van der Waals surface area contributed by atoms with E-state index in [9.17, 15) is 22.4 Å². The van der Waals surface area contributed by atoms with E-state index in [1.165, 1.54) is 41.9 Å². The molecule has 0 aliphatic heterocycles. The second-order valence-corrected chi connectivity index (χ2v) is 10.4. The summed E-state index contributed by atoms with van der Waals surface area (Å²) < 4.78 is 61.9. The minimum absolute atomic E-state index is 0.0687. The maximum atomic E-state index is 14.7. The van der Waals surface area contributed by atoms with E-state index in [-0.39, 0.29) is 22.6 Å². The molecule has 2 aromatic carbocycles. The van der Waals surface area contributed by atoms with E-state index in [2.05, 4.69) is 14.7 Å². The highest BCUT2D eigenvalue weighted by atomic mass is 32.1. The number of nitrogens with zero attached hydrogens (tertiary/aromatic N) is 5. The number of rotatable bonds is 7. The van der Waals surface area contributed by atoms with Crippen molar-refractivity contribution < 1.29 is 22.3 Å². The maximum absolute atomic E-state index is 14.7. The average Bonchev–Trinajstić information content (AvgIpc) is 3.52. The van der Waals surface area contributed by atoms with Gasteiger partial charge in [0.1, 0.15) is 28.5 Å². The van der Waals surface area contributed by atoms with E-state index < -0.39 is 30.0 Å². The lowest BCUT2D eigenvalue weighted by Crippen LogP contribution is -2.22. The van der Waals surface area contributed by atoms with Crippen LogP contribution in [-0.2, 0) is 0 Å². The van der Waals surface area contributed by atoms with Crippen molar-refractivity contribution in [1.29, 1.82) is 0 Å². The number of alkyl halides is 2. The summed E-state index contributed by atoms with van der Waals surface area (Å²) in [4.78, 5) is 23.1.